The average molecular weight is 178 g/mol. The van der Waals surface area contributed by atoms with Crippen LogP contribution in [0.15, 0.2) is 0 Å². The van der Waals surface area contributed by atoms with Gasteiger partial charge in [0.15, 0.2) is 0 Å². The summed E-state index contributed by atoms with van der Waals surface area (Å²) in [6.07, 6.45) is -0.763. The van der Waals surface area contributed by atoms with Gasteiger partial charge in [0.1, 0.15) is 6.10 Å². The van der Waals surface area contributed by atoms with E-state index < -0.39 is 12.1 Å². The third-order valence-corrected chi connectivity index (χ3v) is 0.874. The molecule has 5 heteroatoms. The first-order chi connectivity index (χ1) is 5.45. The van der Waals surface area contributed by atoms with E-state index in [0.29, 0.717) is 6.42 Å². The Bertz CT molecular complexity index is 133. The number of aliphatic carboxylic acids is 1. The predicted molar refractivity (Wildman–Crippen MR) is 41.6 cm³/mol. The van der Waals surface area contributed by atoms with Crippen molar-refractivity contribution < 1.29 is 24.5 Å². The van der Waals surface area contributed by atoms with E-state index in [2.05, 4.69) is 4.74 Å². The molecule has 0 fully saturated rings. The first-order valence-corrected chi connectivity index (χ1v) is 3.43. The van der Waals surface area contributed by atoms with Gasteiger partial charge < -0.3 is 14.9 Å². The highest BCUT2D eigenvalue weighted by molar-refractivity contribution is 5.71. The minimum absolute atomic E-state index is 0.157. The van der Waals surface area contributed by atoms with Crippen molar-refractivity contribution in [2.24, 2.45) is 0 Å². The number of hydrogen-bond donors (Lipinski definition) is 2. The van der Waals surface area contributed by atoms with Gasteiger partial charge in [-0.05, 0) is 6.92 Å². The number of aliphatic hydroxyl groups excluding tert-OH is 1. The smallest absolute Gasteiger partial charge is 0.332 e. The van der Waals surface area contributed by atoms with E-state index in [1.54, 1.807) is 6.92 Å². The first kappa shape index (κ1) is 13.5. The zero-order valence-corrected chi connectivity index (χ0v) is 7.40. The van der Waals surface area contributed by atoms with Gasteiger partial charge in [0.25, 0.3) is 0 Å². The van der Waals surface area contributed by atoms with Crippen LogP contribution in [0.25, 0.3) is 0 Å². The lowest BCUT2D eigenvalue weighted by molar-refractivity contribution is -0.145. The van der Waals surface area contributed by atoms with Crippen molar-refractivity contribution in [3.63, 3.8) is 0 Å². The fourth-order valence-corrected chi connectivity index (χ4v) is 0.144. The second-order valence-corrected chi connectivity index (χ2v) is 1.94. The number of carbonyl (C=O) groups excluding carboxylic acids is 1. The van der Waals surface area contributed by atoms with Crippen LogP contribution in [-0.2, 0) is 14.3 Å². The van der Waals surface area contributed by atoms with Crippen molar-refractivity contribution in [3.8, 4) is 0 Å². The van der Waals surface area contributed by atoms with Crippen LogP contribution in [0.1, 0.15) is 20.3 Å². The SMILES string of the molecule is CC(O)C(=O)O.CCC(=O)OC. The Balaban J connectivity index is 0. The lowest BCUT2D eigenvalue weighted by Crippen LogP contribution is -2.13. The molecule has 72 valence electrons. The molecule has 0 aliphatic carbocycles. The number of methoxy groups -OCH3 is 1. The van der Waals surface area contributed by atoms with E-state index in [4.69, 9.17) is 10.2 Å². The molecule has 0 amide bonds. The number of hydrogen-bond acceptors (Lipinski definition) is 4. The van der Waals surface area contributed by atoms with Crippen molar-refractivity contribution in [1.82, 2.24) is 0 Å². The van der Waals surface area contributed by atoms with Crippen LogP contribution in [0, 0.1) is 0 Å². The molecule has 0 heterocycles. The highest BCUT2D eigenvalue weighted by Gasteiger charge is 2.01. The molecule has 0 aromatic carbocycles. The Hall–Kier alpha value is -1.10. The summed E-state index contributed by atoms with van der Waals surface area (Å²) in [5.74, 6) is -1.34. The minimum Gasteiger partial charge on any atom is -0.479 e. The molecule has 0 aromatic rings. The summed E-state index contributed by atoms with van der Waals surface area (Å²) in [6, 6.07) is 0. The van der Waals surface area contributed by atoms with E-state index in [-0.39, 0.29) is 5.97 Å². The number of carbonyl (C=O) groups is 2. The lowest BCUT2D eigenvalue weighted by atomic mass is 10.4. The van der Waals surface area contributed by atoms with Gasteiger partial charge in [0, 0.05) is 6.42 Å². The molecule has 0 radical (unpaired) electrons. The number of carboxylic acids is 1. The highest BCUT2D eigenvalue weighted by Crippen LogP contribution is 1.76. The van der Waals surface area contributed by atoms with Crippen molar-refractivity contribution in [2.75, 3.05) is 7.11 Å². The van der Waals surface area contributed by atoms with Crippen molar-refractivity contribution in [1.29, 1.82) is 0 Å². The van der Waals surface area contributed by atoms with Gasteiger partial charge >= 0.3 is 11.9 Å². The number of aliphatic hydroxyl groups is 1. The van der Waals surface area contributed by atoms with Crippen LogP contribution >= 0.6 is 0 Å². The third-order valence-electron chi connectivity index (χ3n) is 0.874. The molecule has 12 heavy (non-hydrogen) atoms. The van der Waals surface area contributed by atoms with Gasteiger partial charge in [-0.25, -0.2) is 4.79 Å². The minimum atomic E-state index is -1.23. The molecule has 1 unspecified atom stereocenters. The molecule has 0 saturated carbocycles. The molecule has 1 atom stereocenters. The van der Waals surface area contributed by atoms with Gasteiger partial charge in [-0.2, -0.15) is 0 Å². The number of carboxylic acid groups (broad SMARTS) is 1. The summed E-state index contributed by atoms with van der Waals surface area (Å²) in [6.45, 7) is 2.95. The van der Waals surface area contributed by atoms with Crippen molar-refractivity contribution >= 4 is 11.9 Å². The van der Waals surface area contributed by atoms with Crippen LogP contribution < -0.4 is 0 Å². The summed E-state index contributed by atoms with van der Waals surface area (Å²) < 4.78 is 4.26. The van der Waals surface area contributed by atoms with Crippen molar-refractivity contribution in [2.45, 2.75) is 26.4 Å². The Morgan fingerprint density at radius 3 is 1.83 bits per heavy atom. The van der Waals surface area contributed by atoms with Crippen LogP contribution in [0.5, 0.6) is 0 Å². The zero-order chi connectivity index (χ0) is 10.1. The molecule has 0 saturated heterocycles. The predicted octanol–water partition coefficient (Wildman–Crippen LogP) is 0.0212. The van der Waals surface area contributed by atoms with Gasteiger partial charge in [-0.15, -0.1) is 0 Å². The summed E-state index contributed by atoms with van der Waals surface area (Å²) in [7, 11) is 1.38. The molecule has 0 aromatic heterocycles. The quantitative estimate of drug-likeness (QED) is 0.582. The van der Waals surface area contributed by atoms with E-state index >= 15 is 0 Å². The van der Waals surface area contributed by atoms with Crippen LogP contribution in [0.4, 0.5) is 0 Å². The molecule has 0 aliphatic heterocycles. The summed E-state index contributed by atoms with van der Waals surface area (Å²) >= 11 is 0. The van der Waals surface area contributed by atoms with E-state index in [9.17, 15) is 9.59 Å². The van der Waals surface area contributed by atoms with Gasteiger partial charge in [0.05, 0.1) is 7.11 Å². The maximum Gasteiger partial charge on any atom is 0.332 e. The van der Waals surface area contributed by atoms with E-state index in [1.165, 1.54) is 14.0 Å². The molecule has 0 bridgehead atoms. The maximum absolute atomic E-state index is 9.96. The van der Waals surface area contributed by atoms with Gasteiger partial charge in [-0.1, -0.05) is 6.92 Å². The number of ether oxygens (including phenoxy) is 1. The molecule has 2 N–H and O–H groups in total. The zero-order valence-electron chi connectivity index (χ0n) is 7.40. The van der Waals surface area contributed by atoms with Crippen LogP contribution in [-0.4, -0.2) is 35.4 Å². The Labute approximate surface area is 71.0 Å². The highest BCUT2D eigenvalue weighted by atomic mass is 16.5. The number of esters is 1. The summed E-state index contributed by atoms with van der Waals surface area (Å²) in [5.41, 5.74) is 0. The standard InChI is InChI=1S/C4H8O2.C3H6O3/c1-3-4(5)6-2;1-2(4)3(5)6/h3H2,1-2H3;2,4H,1H3,(H,5,6). The first-order valence-electron chi connectivity index (χ1n) is 3.43. The Kier molecular flexibility index (Phi) is 8.99. The second-order valence-electron chi connectivity index (χ2n) is 1.94. The average Bonchev–Trinajstić information content (AvgIpc) is 2.04. The normalized spacial score (nSPS) is 10.7. The largest absolute Gasteiger partial charge is 0.479 e. The maximum atomic E-state index is 9.96. The monoisotopic (exact) mass is 178 g/mol. The summed E-state index contributed by atoms with van der Waals surface area (Å²) in [4.78, 5) is 19.4. The second kappa shape index (κ2) is 8.00. The topological polar surface area (TPSA) is 83.8 Å². The van der Waals surface area contributed by atoms with Crippen LogP contribution in [0.2, 0.25) is 0 Å². The lowest BCUT2D eigenvalue weighted by Gasteiger charge is -1.89. The Morgan fingerprint density at radius 2 is 1.83 bits per heavy atom. The van der Waals surface area contributed by atoms with Crippen molar-refractivity contribution in [3.05, 3.63) is 0 Å². The summed E-state index contributed by atoms with van der Waals surface area (Å²) in [5, 5.41) is 15.8. The fraction of sp³-hybridized carbons (Fsp3) is 0.714. The number of rotatable bonds is 2. The third kappa shape index (κ3) is 11.7. The molecule has 0 spiro atoms. The molecule has 0 aliphatic rings. The molecular weight excluding hydrogens is 164 g/mol. The van der Waals surface area contributed by atoms with Gasteiger partial charge in [0.2, 0.25) is 0 Å². The molecular formula is C7H14O5. The molecule has 0 rings (SSSR count). The van der Waals surface area contributed by atoms with E-state index in [0.717, 1.165) is 0 Å². The van der Waals surface area contributed by atoms with Gasteiger partial charge in [-0.3, -0.25) is 4.79 Å². The Morgan fingerprint density at radius 1 is 1.50 bits per heavy atom. The molecule has 5 nitrogen and oxygen atoms in total. The van der Waals surface area contributed by atoms with E-state index in [1.807, 2.05) is 0 Å². The fourth-order valence-electron chi connectivity index (χ4n) is 0.144. The van der Waals surface area contributed by atoms with Crippen LogP contribution in [0.3, 0.4) is 0 Å².